The van der Waals surface area contributed by atoms with Gasteiger partial charge >= 0.3 is 17.2 Å². The molecule has 8 N–H and O–H groups in total. The van der Waals surface area contributed by atoms with E-state index in [2.05, 4.69) is 30.3 Å². The molecule has 0 radical (unpaired) electrons. The van der Waals surface area contributed by atoms with Crippen molar-refractivity contribution in [3.63, 3.8) is 0 Å². The summed E-state index contributed by atoms with van der Waals surface area (Å²) in [5.74, 6) is 0. The third kappa shape index (κ3) is 20.8. The molecule has 0 aromatic heterocycles. The summed E-state index contributed by atoms with van der Waals surface area (Å²) in [6.45, 7) is 2.95. The first-order chi connectivity index (χ1) is 27.2. The summed E-state index contributed by atoms with van der Waals surface area (Å²) < 4.78 is 3.60. The van der Waals surface area contributed by atoms with Crippen LogP contribution in [0.25, 0.3) is 0 Å². The fraction of sp³-hybridized carbons (Fsp3) is 0.733. The van der Waals surface area contributed by atoms with E-state index in [0.717, 1.165) is 49.7 Å². The number of aryl methyl sites for hydroxylation is 2. The molecule has 0 saturated heterocycles. The average Bonchev–Trinajstić information content (AvgIpc) is 3.19. The van der Waals surface area contributed by atoms with E-state index in [4.69, 9.17) is 19.6 Å². The fourth-order valence-corrected chi connectivity index (χ4v) is 8.29. The minimum atomic E-state index is -2.61. The van der Waals surface area contributed by atoms with Crippen molar-refractivity contribution in [1.82, 2.24) is 0 Å². The first kappa shape index (κ1) is 53.0. The first-order valence-corrected chi connectivity index (χ1v) is 24.3. The Bertz CT molecular complexity index is 1110. The Hall–Kier alpha value is -1.06. The summed E-state index contributed by atoms with van der Waals surface area (Å²) in [6.07, 6.45) is 32.6. The number of hydrogen-bond acceptors (Lipinski definition) is 9. The van der Waals surface area contributed by atoms with E-state index >= 15 is 0 Å². The third-order valence-corrected chi connectivity index (χ3v) is 12.4. The van der Waals surface area contributed by atoms with Crippen LogP contribution in [0.5, 0.6) is 0 Å². The van der Waals surface area contributed by atoms with Gasteiger partial charge in [-0.05, 0) is 47.9 Å². The Morgan fingerprint density at radius 1 is 0.429 bits per heavy atom. The summed E-state index contributed by atoms with van der Waals surface area (Å²) in [6, 6.07) is 15.9. The number of unbranched alkanes of at least 4 members (excludes halogenated alkanes) is 22. The molecule has 0 heterocycles. The average molecular weight is 827 g/mol. The Labute approximate surface area is 343 Å². The molecule has 0 atom stereocenters. The molecule has 0 spiro atoms. The van der Waals surface area contributed by atoms with Gasteiger partial charge in [-0.15, -0.1) is 0 Å². The SMILES string of the molecule is CCCCCCCCCCCCCCc1ccccc1C(O)(c1ccccc1CCCCCCCCCCCCCC)C(CO)(CO)CO.OP(O)OP(O)O. The van der Waals surface area contributed by atoms with Gasteiger partial charge in [-0.3, -0.25) is 0 Å². The molecule has 0 aliphatic rings. The van der Waals surface area contributed by atoms with E-state index in [-0.39, 0.29) is 0 Å². The van der Waals surface area contributed by atoms with Gasteiger partial charge in [0.15, 0.2) is 0 Å². The molecule has 0 amide bonds. The Morgan fingerprint density at radius 2 is 0.696 bits per heavy atom. The zero-order valence-corrected chi connectivity index (χ0v) is 36.8. The highest BCUT2D eigenvalue weighted by Crippen LogP contribution is 2.48. The predicted molar refractivity (Wildman–Crippen MR) is 233 cm³/mol. The standard InChI is InChI=1S/C45H76O4.H4O5P2/c1-3-5-7-9-11-13-15-17-19-21-23-25-31-40-33-27-29-35-42(40)45(49,44(37-46,38-47)39-48)43-36-30-28-34-41(43)32-26-24-22-20-18-16-14-12-10-8-6-4-2;1-6(2)5-7(3)4/h27-30,33-36,46-49H,3-26,31-32,37-39H2,1-2H3;1-4H. The molecule has 0 unspecified atom stereocenters. The molecule has 2 rings (SSSR count). The van der Waals surface area contributed by atoms with Gasteiger partial charge in [-0.2, -0.15) is 0 Å². The normalized spacial score (nSPS) is 12.1. The summed E-state index contributed by atoms with van der Waals surface area (Å²) in [5, 5.41) is 45.1. The largest absolute Gasteiger partial charge is 0.395 e. The van der Waals surface area contributed by atoms with Gasteiger partial charge in [0, 0.05) is 0 Å². The number of hydrogen-bond donors (Lipinski definition) is 8. The fourth-order valence-electron chi connectivity index (χ4n) is 7.77. The second-order valence-corrected chi connectivity index (χ2v) is 17.3. The van der Waals surface area contributed by atoms with Gasteiger partial charge in [0.25, 0.3) is 0 Å². The van der Waals surface area contributed by atoms with Gasteiger partial charge in [-0.1, -0.05) is 204 Å². The maximum atomic E-state index is 12.9. The lowest BCUT2D eigenvalue weighted by Crippen LogP contribution is -2.55. The van der Waals surface area contributed by atoms with Gasteiger partial charge < -0.3 is 40.0 Å². The van der Waals surface area contributed by atoms with Crippen LogP contribution in [0.3, 0.4) is 0 Å². The van der Waals surface area contributed by atoms with Crippen molar-refractivity contribution in [2.24, 2.45) is 5.41 Å². The summed E-state index contributed by atoms with van der Waals surface area (Å²) >= 11 is 0. The van der Waals surface area contributed by atoms with Crippen LogP contribution in [0.4, 0.5) is 0 Å². The molecular formula is C45H80O9P2. The lowest BCUT2D eigenvalue weighted by molar-refractivity contribution is -0.136. The lowest BCUT2D eigenvalue weighted by atomic mass is 9.63. The van der Waals surface area contributed by atoms with Crippen LogP contribution in [-0.4, -0.2) is 59.8 Å². The zero-order chi connectivity index (χ0) is 41.3. The van der Waals surface area contributed by atoms with E-state index in [9.17, 15) is 20.4 Å². The molecule has 2 aromatic carbocycles. The minimum Gasteiger partial charge on any atom is -0.395 e. The summed E-state index contributed by atoms with van der Waals surface area (Å²) in [7, 11) is -5.22. The molecule has 11 heteroatoms. The van der Waals surface area contributed by atoms with Crippen molar-refractivity contribution in [1.29, 1.82) is 0 Å². The predicted octanol–water partition coefficient (Wildman–Crippen LogP) is 10.8. The quantitative estimate of drug-likeness (QED) is 0.0253. The molecule has 0 fully saturated rings. The molecule has 9 nitrogen and oxygen atoms in total. The van der Waals surface area contributed by atoms with Crippen LogP contribution in [-0.2, 0) is 22.8 Å². The van der Waals surface area contributed by atoms with Crippen molar-refractivity contribution in [2.45, 2.75) is 186 Å². The van der Waals surface area contributed by atoms with Crippen molar-refractivity contribution in [3.8, 4) is 0 Å². The van der Waals surface area contributed by atoms with Crippen LogP contribution in [0.1, 0.15) is 190 Å². The van der Waals surface area contributed by atoms with Gasteiger partial charge in [0.2, 0.25) is 0 Å². The first-order valence-electron chi connectivity index (χ1n) is 21.9. The van der Waals surface area contributed by atoms with Crippen molar-refractivity contribution in [2.75, 3.05) is 19.8 Å². The van der Waals surface area contributed by atoms with Crippen molar-refractivity contribution < 1.29 is 44.3 Å². The van der Waals surface area contributed by atoms with E-state index in [1.807, 2.05) is 36.4 Å². The molecule has 0 aliphatic heterocycles. The molecule has 56 heavy (non-hydrogen) atoms. The second kappa shape index (κ2) is 33.7. The van der Waals surface area contributed by atoms with Gasteiger partial charge in [0.1, 0.15) is 5.60 Å². The van der Waals surface area contributed by atoms with Crippen LogP contribution < -0.4 is 0 Å². The monoisotopic (exact) mass is 827 g/mol. The maximum Gasteiger partial charge on any atom is 0.334 e. The van der Waals surface area contributed by atoms with E-state index < -0.39 is 48.0 Å². The Balaban J connectivity index is 0.00000203. The molecule has 0 saturated carbocycles. The topological polar surface area (TPSA) is 171 Å². The Kier molecular flexibility index (Phi) is 31.9. The van der Waals surface area contributed by atoms with E-state index in [1.165, 1.54) is 128 Å². The third-order valence-electron chi connectivity index (χ3n) is 11.2. The van der Waals surface area contributed by atoms with Gasteiger partial charge in [-0.25, -0.2) is 4.31 Å². The number of rotatable bonds is 34. The maximum absolute atomic E-state index is 12.9. The smallest absolute Gasteiger partial charge is 0.334 e. The zero-order valence-electron chi connectivity index (χ0n) is 35.0. The molecule has 0 bridgehead atoms. The molecule has 2 aromatic rings. The van der Waals surface area contributed by atoms with Crippen LogP contribution in [0.15, 0.2) is 48.5 Å². The van der Waals surface area contributed by atoms with Crippen LogP contribution >= 0.6 is 17.2 Å². The number of benzene rings is 2. The summed E-state index contributed by atoms with van der Waals surface area (Å²) in [4.78, 5) is 31.3. The highest BCUT2D eigenvalue weighted by molar-refractivity contribution is 7.53. The molecule has 324 valence electrons. The number of aliphatic hydroxyl groups is 4. The highest BCUT2D eigenvalue weighted by Gasteiger charge is 2.53. The number of aliphatic hydroxyl groups excluding tert-OH is 3. The molecular weight excluding hydrogens is 746 g/mol. The van der Waals surface area contributed by atoms with Gasteiger partial charge in [0.05, 0.1) is 25.2 Å². The lowest BCUT2D eigenvalue weighted by Gasteiger charge is -2.46. The highest BCUT2D eigenvalue weighted by atomic mass is 31.2. The van der Waals surface area contributed by atoms with E-state index in [1.54, 1.807) is 0 Å². The van der Waals surface area contributed by atoms with E-state index in [0.29, 0.717) is 11.1 Å². The summed E-state index contributed by atoms with van der Waals surface area (Å²) in [5.41, 5.74) is 0.155. The van der Waals surface area contributed by atoms with Crippen molar-refractivity contribution in [3.05, 3.63) is 70.8 Å². The Morgan fingerprint density at radius 3 is 0.946 bits per heavy atom. The minimum absolute atomic E-state index is 0.531. The molecule has 0 aliphatic carbocycles. The van der Waals surface area contributed by atoms with Crippen LogP contribution in [0.2, 0.25) is 0 Å². The van der Waals surface area contributed by atoms with Crippen molar-refractivity contribution >= 4 is 17.2 Å². The second-order valence-electron chi connectivity index (χ2n) is 15.6. The van der Waals surface area contributed by atoms with Crippen LogP contribution in [0, 0.1) is 5.41 Å².